The van der Waals surface area contributed by atoms with Crippen molar-refractivity contribution in [2.24, 2.45) is 5.41 Å². The Morgan fingerprint density at radius 3 is 2.35 bits per heavy atom. The molecule has 20 heavy (non-hydrogen) atoms. The quantitative estimate of drug-likeness (QED) is 0.724. The number of carbonyl (C=O) groups excluding carboxylic acids is 1. The number of para-hydroxylation sites is 1. The number of likely N-dealkylation sites (N-methyl/N-ethyl adjacent to an activating group) is 1. The van der Waals surface area contributed by atoms with Gasteiger partial charge in [-0.2, -0.15) is 0 Å². The molecule has 2 heteroatoms. The van der Waals surface area contributed by atoms with Crippen LogP contribution >= 0.6 is 0 Å². The van der Waals surface area contributed by atoms with Gasteiger partial charge in [0.2, 0.25) is 0 Å². The van der Waals surface area contributed by atoms with Crippen molar-refractivity contribution < 1.29 is 4.79 Å². The molecule has 1 atom stereocenters. The highest BCUT2D eigenvalue weighted by atomic mass is 16.1. The van der Waals surface area contributed by atoms with Gasteiger partial charge in [-0.15, -0.1) is 0 Å². The number of hydrogen-bond acceptors (Lipinski definition) is 2. The minimum absolute atomic E-state index is 0.0809. The van der Waals surface area contributed by atoms with Crippen LogP contribution in [-0.4, -0.2) is 18.4 Å². The number of Topliss-reactive ketones (excluding diaryl/α,β-unsaturated/α-hetero) is 1. The van der Waals surface area contributed by atoms with E-state index in [1.807, 2.05) is 19.1 Å². The fourth-order valence-electron chi connectivity index (χ4n) is 2.99. The third-order valence-corrected chi connectivity index (χ3v) is 4.15. The van der Waals surface area contributed by atoms with E-state index in [2.05, 4.69) is 51.7 Å². The average Bonchev–Trinajstić information content (AvgIpc) is 2.40. The largest absolute Gasteiger partial charge is 0.362 e. The highest BCUT2D eigenvalue weighted by Gasteiger charge is 2.33. The van der Waals surface area contributed by atoms with Gasteiger partial charge in [0.1, 0.15) is 0 Å². The molecule has 0 N–H and O–H groups in total. The maximum absolute atomic E-state index is 12.8. The standard InChI is InChI=1S/C18H29NO/c1-7-13-18(5,6)17(20)15(4)19(8-2)16-12-10-9-11-14(16)3/h9-12,15H,7-8,13H2,1-6H3. The minimum atomic E-state index is -0.246. The van der Waals surface area contributed by atoms with Crippen LogP contribution in [-0.2, 0) is 4.79 Å². The normalized spacial score (nSPS) is 13.1. The van der Waals surface area contributed by atoms with E-state index >= 15 is 0 Å². The molecule has 0 amide bonds. The zero-order chi connectivity index (χ0) is 15.3. The van der Waals surface area contributed by atoms with E-state index in [9.17, 15) is 4.79 Å². The molecular weight excluding hydrogens is 246 g/mol. The summed E-state index contributed by atoms with van der Waals surface area (Å²) in [7, 11) is 0. The highest BCUT2D eigenvalue weighted by Crippen LogP contribution is 2.29. The Morgan fingerprint density at radius 1 is 1.25 bits per heavy atom. The Labute approximate surface area is 124 Å². The third kappa shape index (κ3) is 3.62. The van der Waals surface area contributed by atoms with Gasteiger partial charge in [0.15, 0.2) is 5.78 Å². The predicted molar refractivity (Wildman–Crippen MR) is 87.4 cm³/mol. The van der Waals surface area contributed by atoms with E-state index < -0.39 is 0 Å². The van der Waals surface area contributed by atoms with Gasteiger partial charge in [-0.05, 0) is 38.8 Å². The summed E-state index contributed by atoms with van der Waals surface area (Å²) < 4.78 is 0. The number of ketones is 1. The molecule has 0 aliphatic carbocycles. The fourth-order valence-corrected chi connectivity index (χ4v) is 2.99. The summed E-state index contributed by atoms with van der Waals surface area (Å²) in [6.07, 6.45) is 1.99. The molecule has 1 aromatic rings. The molecule has 0 heterocycles. The van der Waals surface area contributed by atoms with Crippen LogP contribution in [0.4, 0.5) is 5.69 Å². The van der Waals surface area contributed by atoms with E-state index in [1.165, 1.54) is 11.3 Å². The van der Waals surface area contributed by atoms with E-state index in [-0.39, 0.29) is 11.5 Å². The molecule has 0 aromatic heterocycles. The first kappa shape index (κ1) is 16.7. The Balaban J connectivity index is 3.01. The molecule has 0 fully saturated rings. The van der Waals surface area contributed by atoms with Crippen LogP contribution in [0.5, 0.6) is 0 Å². The second-order valence-electron chi connectivity index (χ2n) is 6.25. The van der Waals surface area contributed by atoms with Crippen LogP contribution in [0.2, 0.25) is 0 Å². The van der Waals surface area contributed by atoms with Crippen LogP contribution in [0.1, 0.15) is 53.0 Å². The lowest BCUT2D eigenvalue weighted by Crippen LogP contribution is -2.45. The Kier molecular flexibility index (Phi) is 5.79. The van der Waals surface area contributed by atoms with Crippen molar-refractivity contribution in [3.63, 3.8) is 0 Å². The second kappa shape index (κ2) is 6.92. The average molecular weight is 275 g/mol. The van der Waals surface area contributed by atoms with Gasteiger partial charge in [0.05, 0.1) is 6.04 Å². The third-order valence-electron chi connectivity index (χ3n) is 4.15. The molecule has 0 radical (unpaired) electrons. The lowest BCUT2D eigenvalue weighted by Gasteiger charge is -2.35. The molecular formula is C18H29NO. The zero-order valence-corrected chi connectivity index (χ0v) is 13.9. The summed E-state index contributed by atoms with van der Waals surface area (Å²) in [6, 6.07) is 8.21. The SMILES string of the molecule is CCCC(C)(C)C(=O)C(C)N(CC)c1ccccc1C. The molecule has 0 spiro atoms. The topological polar surface area (TPSA) is 20.3 Å². The number of nitrogens with zero attached hydrogens (tertiary/aromatic N) is 1. The predicted octanol–water partition coefficient (Wildman–Crippen LogP) is 4.61. The van der Waals surface area contributed by atoms with Crippen molar-refractivity contribution in [3.05, 3.63) is 29.8 Å². The molecule has 1 unspecified atom stereocenters. The molecule has 1 aromatic carbocycles. The van der Waals surface area contributed by atoms with Crippen molar-refractivity contribution in [2.75, 3.05) is 11.4 Å². The van der Waals surface area contributed by atoms with Crippen LogP contribution in [0.25, 0.3) is 0 Å². The molecule has 0 saturated carbocycles. The van der Waals surface area contributed by atoms with Crippen molar-refractivity contribution in [1.29, 1.82) is 0 Å². The molecule has 0 aliphatic heterocycles. The highest BCUT2D eigenvalue weighted by molar-refractivity contribution is 5.91. The van der Waals surface area contributed by atoms with E-state index in [1.54, 1.807) is 0 Å². The summed E-state index contributed by atoms with van der Waals surface area (Å²) in [4.78, 5) is 15.0. The van der Waals surface area contributed by atoms with Gasteiger partial charge in [0, 0.05) is 17.6 Å². The number of aryl methyl sites for hydroxylation is 1. The van der Waals surface area contributed by atoms with Crippen molar-refractivity contribution in [1.82, 2.24) is 0 Å². The van der Waals surface area contributed by atoms with Crippen LogP contribution < -0.4 is 4.90 Å². The van der Waals surface area contributed by atoms with Gasteiger partial charge in [-0.25, -0.2) is 0 Å². The second-order valence-corrected chi connectivity index (χ2v) is 6.25. The monoisotopic (exact) mass is 275 g/mol. The van der Waals surface area contributed by atoms with Crippen LogP contribution in [0, 0.1) is 12.3 Å². The van der Waals surface area contributed by atoms with Crippen LogP contribution in [0.15, 0.2) is 24.3 Å². The summed E-state index contributed by atoms with van der Waals surface area (Å²) in [5.74, 6) is 0.337. The molecule has 0 aliphatic rings. The van der Waals surface area contributed by atoms with Crippen LogP contribution in [0.3, 0.4) is 0 Å². The lowest BCUT2D eigenvalue weighted by molar-refractivity contribution is -0.128. The molecule has 0 saturated heterocycles. The fraction of sp³-hybridized carbons (Fsp3) is 0.611. The Morgan fingerprint density at radius 2 is 1.85 bits per heavy atom. The first-order valence-corrected chi connectivity index (χ1v) is 7.71. The number of anilines is 1. The Bertz CT molecular complexity index is 450. The van der Waals surface area contributed by atoms with E-state index in [0.29, 0.717) is 5.78 Å². The summed E-state index contributed by atoms with van der Waals surface area (Å²) >= 11 is 0. The van der Waals surface area contributed by atoms with Gasteiger partial charge in [0.25, 0.3) is 0 Å². The molecule has 112 valence electrons. The first-order chi connectivity index (χ1) is 9.35. The van der Waals surface area contributed by atoms with Gasteiger partial charge in [-0.1, -0.05) is 45.4 Å². The van der Waals surface area contributed by atoms with Gasteiger partial charge >= 0.3 is 0 Å². The van der Waals surface area contributed by atoms with Gasteiger partial charge in [-0.3, -0.25) is 4.79 Å². The minimum Gasteiger partial charge on any atom is -0.362 e. The molecule has 0 bridgehead atoms. The maximum Gasteiger partial charge on any atom is 0.160 e. The zero-order valence-electron chi connectivity index (χ0n) is 13.9. The maximum atomic E-state index is 12.8. The number of hydrogen-bond donors (Lipinski definition) is 0. The van der Waals surface area contributed by atoms with E-state index in [0.717, 1.165) is 19.4 Å². The van der Waals surface area contributed by atoms with Gasteiger partial charge < -0.3 is 4.90 Å². The molecule has 1 rings (SSSR count). The molecule has 2 nitrogen and oxygen atoms in total. The van der Waals surface area contributed by atoms with Crippen molar-refractivity contribution in [3.8, 4) is 0 Å². The number of rotatable bonds is 7. The number of benzene rings is 1. The Hall–Kier alpha value is -1.31. The van der Waals surface area contributed by atoms with Crippen molar-refractivity contribution >= 4 is 11.5 Å². The first-order valence-electron chi connectivity index (χ1n) is 7.71. The number of carbonyl (C=O) groups is 1. The lowest BCUT2D eigenvalue weighted by atomic mass is 9.80. The summed E-state index contributed by atoms with van der Waals surface area (Å²) in [5.41, 5.74) is 2.15. The summed E-state index contributed by atoms with van der Waals surface area (Å²) in [6.45, 7) is 13.4. The van der Waals surface area contributed by atoms with Crippen molar-refractivity contribution in [2.45, 2.75) is 60.4 Å². The summed E-state index contributed by atoms with van der Waals surface area (Å²) in [5, 5.41) is 0. The van der Waals surface area contributed by atoms with E-state index in [4.69, 9.17) is 0 Å². The smallest absolute Gasteiger partial charge is 0.160 e.